The van der Waals surface area contributed by atoms with E-state index in [1.54, 1.807) is 12.4 Å². The fraction of sp³-hybridized carbons (Fsp3) is 0.174. The predicted molar refractivity (Wildman–Crippen MR) is 122 cm³/mol. The first-order valence-electron chi connectivity index (χ1n) is 9.60. The predicted octanol–water partition coefficient (Wildman–Crippen LogP) is 5.97. The van der Waals surface area contributed by atoms with Crippen LogP contribution in [0.15, 0.2) is 81.4 Å². The Balaban J connectivity index is 1.70. The third-order valence-corrected chi connectivity index (χ3v) is 4.98. The topological polar surface area (TPSA) is 58.9 Å². The Hall–Kier alpha value is -2.99. The number of anilines is 1. The molecule has 5 nitrogen and oxygen atoms in total. The van der Waals surface area contributed by atoms with Crippen molar-refractivity contribution in [3.63, 3.8) is 0 Å². The molecule has 0 unspecified atom stereocenters. The van der Waals surface area contributed by atoms with Crippen molar-refractivity contribution in [3.8, 4) is 5.75 Å². The molecular formula is C23H21BrN4O. The quantitative estimate of drug-likeness (QED) is 0.472. The number of aliphatic imine (C=N–C) groups is 2. The Kier molecular flexibility index (Phi) is 6.00. The molecule has 0 bridgehead atoms. The van der Waals surface area contributed by atoms with E-state index in [-0.39, 0.29) is 0 Å². The van der Waals surface area contributed by atoms with Crippen molar-refractivity contribution >= 4 is 39.0 Å². The number of nitrogens with one attached hydrogen (secondary N) is 1. The fourth-order valence-electron chi connectivity index (χ4n) is 2.92. The number of hydrogen-bond donors (Lipinski definition) is 1. The molecular weight excluding hydrogens is 428 g/mol. The van der Waals surface area contributed by atoms with Crippen molar-refractivity contribution in [1.29, 1.82) is 0 Å². The molecule has 1 aliphatic rings. The van der Waals surface area contributed by atoms with Crippen molar-refractivity contribution in [2.75, 3.05) is 11.9 Å². The minimum Gasteiger partial charge on any atom is -0.494 e. The van der Waals surface area contributed by atoms with Crippen LogP contribution in [-0.2, 0) is 0 Å². The van der Waals surface area contributed by atoms with Crippen molar-refractivity contribution < 1.29 is 4.74 Å². The fourth-order valence-corrected chi connectivity index (χ4v) is 3.28. The summed E-state index contributed by atoms with van der Waals surface area (Å²) in [6.07, 6.45) is 5.66. The van der Waals surface area contributed by atoms with E-state index in [4.69, 9.17) is 14.7 Å². The smallest absolute Gasteiger partial charge is 0.162 e. The lowest BCUT2D eigenvalue weighted by Gasteiger charge is -2.11. The largest absolute Gasteiger partial charge is 0.494 e. The van der Waals surface area contributed by atoms with Crippen LogP contribution in [0.4, 0.5) is 11.4 Å². The summed E-state index contributed by atoms with van der Waals surface area (Å²) in [6, 6.07) is 17.8. The number of unbranched alkanes of at least 4 members (excludes halogenated alkanes) is 1. The highest BCUT2D eigenvalue weighted by Crippen LogP contribution is 2.32. The van der Waals surface area contributed by atoms with Gasteiger partial charge in [-0.25, -0.2) is 9.98 Å². The van der Waals surface area contributed by atoms with Crippen molar-refractivity contribution in [2.45, 2.75) is 19.8 Å². The van der Waals surface area contributed by atoms with E-state index < -0.39 is 0 Å². The lowest BCUT2D eigenvalue weighted by atomic mass is 10.2. The van der Waals surface area contributed by atoms with Crippen LogP contribution in [0.2, 0.25) is 0 Å². The van der Waals surface area contributed by atoms with Crippen molar-refractivity contribution in [1.82, 2.24) is 4.98 Å². The summed E-state index contributed by atoms with van der Waals surface area (Å²) in [5.74, 6) is 2.24. The Labute approximate surface area is 178 Å². The van der Waals surface area contributed by atoms with E-state index in [0.717, 1.165) is 58.0 Å². The molecule has 1 aliphatic heterocycles. The molecule has 1 N–H and O–H groups in total. The van der Waals surface area contributed by atoms with Gasteiger partial charge in [-0.2, -0.15) is 0 Å². The number of ether oxygens (including phenoxy) is 1. The van der Waals surface area contributed by atoms with Crippen LogP contribution >= 0.6 is 15.9 Å². The molecule has 0 aliphatic carbocycles. The highest BCUT2D eigenvalue weighted by atomic mass is 79.9. The van der Waals surface area contributed by atoms with Crippen LogP contribution in [0.5, 0.6) is 5.75 Å². The number of halogens is 1. The van der Waals surface area contributed by atoms with Crippen molar-refractivity contribution in [2.24, 2.45) is 9.98 Å². The molecule has 2 aromatic carbocycles. The number of hydrogen-bond acceptors (Lipinski definition) is 5. The number of pyridine rings is 1. The maximum absolute atomic E-state index is 5.78. The van der Waals surface area contributed by atoms with E-state index in [1.165, 1.54) is 0 Å². The molecule has 0 saturated heterocycles. The zero-order chi connectivity index (χ0) is 20.1. The summed E-state index contributed by atoms with van der Waals surface area (Å²) < 4.78 is 6.76. The molecule has 0 saturated carbocycles. The van der Waals surface area contributed by atoms with Gasteiger partial charge in [-0.15, -0.1) is 0 Å². The first kappa shape index (κ1) is 19.3. The van der Waals surface area contributed by atoms with E-state index in [1.807, 2.05) is 54.6 Å². The van der Waals surface area contributed by atoms with Gasteiger partial charge in [0, 0.05) is 28.0 Å². The number of benzene rings is 2. The molecule has 29 heavy (non-hydrogen) atoms. The van der Waals surface area contributed by atoms with E-state index >= 15 is 0 Å². The standard InChI is InChI=1S/C23H21BrN4O/c1-2-3-14-29-19-7-4-16(5-8-19)22-27-21-15-18(24)6-9-20(21)26-23(28-22)17-10-12-25-13-11-17/h4-13,15H,2-3,14H2,1H3,(H,26,27,28). The molecule has 1 aromatic heterocycles. The Bertz CT molecular complexity index is 1050. The summed E-state index contributed by atoms with van der Waals surface area (Å²) in [7, 11) is 0. The number of rotatable bonds is 6. The summed E-state index contributed by atoms with van der Waals surface area (Å²) in [5, 5.41) is 3.44. The monoisotopic (exact) mass is 448 g/mol. The van der Waals surface area contributed by atoms with Crippen LogP contribution in [0.25, 0.3) is 0 Å². The van der Waals surface area contributed by atoms with E-state index in [2.05, 4.69) is 33.2 Å². The van der Waals surface area contributed by atoms with Crippen LogP contribution < -0.4 is 10.1 Å². The summed E-state index contributed by atoms with van der Waals surface area (Å²) in [4.78, 5) is 13.7. The Morgan fingerprint density at radius 2 is 1.72 bits per heavy atom. The zero-order valence-corrected chi connectivity index (χ0v) is 17.7. The molecule has 0 fully saturated rings. The number of aromatic nitrogens is 1. The third-order valence-electron chi connectivity index (χ3n) is 4.49. The summed E-state index contributed by atoms with van der Waals surface area (Å²) in [6.45, 7) is 2.88. The van der Waals surface area contributed by atoms with Gasteiger partial charge in [-0.1, -0.05) is 29.3 Å². The normalized spacial score (nSPS) is 12.9. The van der Waals surface area contributed by atoms with Gasteiger partial charge >= 0.3 is 0 Å². The van der Waals surface area contributed by atoms with Gasteiger partial charge in [0.25, 0.3) is 0 Å². The van der Waals surface area contributed by atoms with Gasteiger partial charge < -0.3 is 10.1 Å². The van der Waals surface area contributed by atoms with Crippen LogP contribution in [-0.4, -0.2) is 23.3 Å². The Morgan fingerprint density at radius 1 is 0.931 bits per heavy atom. The first-order valence-corrected chi connectivity index (χ1v) is 10.4. The van der Waals surface area contributed by atoms with Gasteiger partial charge in [0.05, 0.1) is 18.0 Å². The van der Waals surface area contributed by atoms with Crippen molar-refractivity contribution in [3.05, 3.63) is 82.6 Å². The first-order chi connectivity index (χ1) is 14.2. The SMILES string of the molecule is CCCCOc1ccc(C2=NC(c3ccncc3)=Nc3ccc(Br)cc3N2)cc1. The van der Waals surface area contributed by atoms with Gasteiger partial charge in [-0.3, -0.25) is 4.98 Å². The molecule has 4 rings (SSSR count). The van der Waals surface area contributed by atoms with E-state index in [0.29, 0.717) is 5.84 Å². The molecule has 0 amide bonds. The van der Waals surface area contributed by atoms with Crippen LogP contribution in [0.3, 0.4) is 0 Å². The molecule has 0 radical (unpaired) electrons. The molecule has 3 aromatic rings. The minimum absolute atomic E-state index is 0.638. The zero-order valence-electron chi connectivity index (χ0n) is 16.1. The second kappa shape index (κ2) is 9.01. The number of fused-ring (bicyclic) bond motifs is 1. The average molecular weight is 449 g/mol. The Morgan fingerprint density at radius 3 is 2.48 bits per heavy atom. The molecule has 2 heterocycles. The van der Waals surface area contributed by atoms with E-state index in [9.17, 15) is 0 Å². The van der Waals surface area contributed by atoms with Crippen LogP contribution in [0, 0.1) is 0 Å². The molecule has 0 spiro atoms. The van der Waals surface area contributed by atoms with Gasteiger partial charge in [-0.05, 0) is 61.0 Å². The third kappa shape index (κ3) is 4.71. The molecule has 0 atom stereocenters. The lowest BCUT2D eigenvalue weighted by molar-refractivity contribution is 0.309. The minimum atomic E-state index is 0.638. The van der Waals surface area contributed by atoms with Gasteiger partial charge in [0.2, 0.25) is 0 Å². The lowest BCUT2D eigenvalue weighted by Crippen LogP contribution is -2.15. The highest BCUT2D eigenvalue weighted by molar-refractivity contribution is 9.10. The average Bonchev–Trinajstić information content (AvgIpc) is 2.94. The molecule has 6 heteroatoms. The second-order valence-electron chi connectivity index (χ2n) is 6.64. The maximum Gasteiger partial charge on any atom is 0.162 e. The van der Waals surface area contributed by atoms with Gasteiger partial charge in [0.1, 0.15) is 11.6 Å². The van der Waals surface area contributed by atoms with Crippen LogP contribution in [0.1, 0.15) is 30.9 Å². The summed E-state index contributed by atoms with van der Waals surface area (Å²) >= 11 is 3.54. The molecule has 146 valence electrons. The highest BCUT2D eigenvalue weighted by Gasteiger charge is 2.16. The number of nitrogens with zero attached hydrogens (tertiary/aromatic N) is 3. The number of amidine groups is 2. The second-order valence-corrected chi connectivity index (χ2v) is 7.56. The van der Waals surface area contributed by atoms with Gasteiger partial charge in [0.15, 0.2) is 5.84 Å². The summed E-state index contributed by atoms with van der Waals surface area (Å²) in [5.41, 5.74) is 3.60. The maximum atomic E-state index is 5.78.